The average Bonchev–Trinajstić information content (AvgIpc) is 2.19. The van der Waals surface area contributed by atoms with E-state index in [-0.39, 0.29) is 6.54 Å². The van der Waals surface area contributed by atoms with Crippen LogP contribution >= 0.6 is 23.2 Å². The maximum atomic E-state index is 12.3. The zero-order valence-corrected chi connectivity index (χ0v) is 9.57. The first-order valence-corrected chi connectivity index (χ1v) is 5.25. The molecule has 0 atom stereocenters. The van der Waals surface area contributed by atoms with Crippen LogP contribution in [0.4, 0.5) is 13.2 Å². The number of hydrogen-bond donors (Lipinski definition) is 0. The first kappa shape index (κ1) is 13.3. The highest BCUT2D eigenvalue weighted by atomic mass is 35.5. The third-order valence-electron chi connectivity index (χ3n) is 1.82. The zero-order valence-electron chi connectivity index (χ0n) is 8.06. The molecule has 0 saturated heterocycles. The van der Waals surface area contributed by atoms with E-state index in [1.165, 1.54) is 0 Å². The number of aliphatic imine (C=N–C) groups is 1. The van der Waals surface area contributed by atoms with Gasteiger partial charge in [-0.25, -0.2) is 0 Å². The van der Waals surface area contributed by atoms with Crippen LogP contribution in [-0.4, -0.2) is 17.8 Å². The van der Waals surface area contributed by atoms with E-state index in [2.05, 4.69) is 4.99 Å². The highest BCUT2D eigenvalue weighted by Gasteiger charge is 2.34. The van der Waals surface area contributed by atoms with E-state index in [0.717, 1.165) is 0 Å². The molecule has 0 aromatic heterocycles. The normalized spacial score (nSPS) is 12.9. The molecule has 1 rings (SSSR count). The molecule has 0 spiro atoms. The monoisotopic (exact) mass is 269 g/mol. The van der Waals surface area contributed by atoms with Crippen molar-refractivity contribution >= 4 is 28.9 Å². The molecular formula is C10H8Cl2F3N. The third-order valence-corrected chi connectivity index (χ3v) is 2.32. The summed E-state index contributed by atoms with van der Waals surface area (Å²) in [6.45, 7) is -0.0568. The van der Waals surface area contributed by atoms with Crippen molar-refractivity contribution in [1.82, 2.24) is 0 Å². The summed E-state index contributed by atoms with van der Waals surface area (Å²) in [6.07, 6.45) is -4.46. The Hall–Kier alpha value is -0.740. The van der Waals surface area contributed by atoms with E-state index in [9.17, 15) is 13.2 Å². The SMILES string of the molecule is FC(F)(F)C(CCl)=NCc1ccc(Cl)cc1. The molecule has 0 aliphatic rings. The molecule has 0 amide bonds. The van der Waals surface area contributed by atoms with E-state index in [1.54, 1.807) is 24.3 Å². The van der Waals surface area contributed by atoms with Crippen molar-refractivity contribution in [3.63, 3.8) is 0 Å². The Morgan fingerprint density at radius 1 is 1.19 bits per heavy atom. The Labute approximate surface area is 101 Å². The molecule has 1 nitrogen and oxygen atoms in total. The Kier molecular flexibility index (Phi) is 4.62. The van der Waals surface area contributed by atoms with Gasteiger partial charge in [-0.05, 0) is 17.7 Å². The first-order chi connectivity index (χ1) is 7.43. The predicted molar refractivity (Wildman–Crippen MR) is 59.4 cm³/mol. The summed E-state index contributed by atoms with van der Waals surface area (Å²) < 4.78 is 36.8. The maximum Gasteiger partial charge on any atom is 0.430 e. The van der Waals surface area contributed by atoms with Crippen molar-refractivity contribution in [1.29, 1.82) is 0 Å². The second-order valence-corrected chi connectivity index (χ2v) is 3.72. The molecule has 0 radical (unpaired) electrons. The summed E-state index contributed by atoms with van der Waals surface area (Å²) in [5.41, 5.74) is -0.319. The van der Waals surface area contributed by atoms with E-state index < -0.39 is 17.8 Å². The molecule has 16 heavy (non-hydrogen) atoms. The summed E-state index contributed by atoms with van der Waals surface area (Å²) >= 11 is 10.8. The molecule has 0 bridgehead atoms. The smallest absolute Gasteiger partial charge is 0.279 e. The second-order valence-electron chi connectivity index (χ2n) is 3.02. The van der Waals surface area contributed by atoms with Crippen molar-refractivity contribution in [3.8, 4) is 0 Å². The quantitative estimate of drug-likeness (QED) is 0.579. The molecule has 0 N–H and O–H groups in total. The highest BCUT2D eigenvalue weighted by molar-refractivity contribution is 6.30. The van der Waals surface area contributed by atoms with Gasteiger partial charge in [0.25, 0.3) is 0 Å². The van der Waals surface area contributed by atoms with Gasteiger partial charge < -0.3 is 0 Å². The van der Waals surface area contributed by atoms with Gasteiger partial charge >= 0.3 is 6.18 Å². The number of benzene rings is 1. The van der Waals surface area contributed by atoms with Gasteiger partial charge in [0.2, 0.25) is 0 Å². The van der Waals surface area contributed by atoms with E-state index in [0.29, 0.717) is 10.6 Å². The van der Waals surface area contributed by atoms with Crippen molar-refractivity contribution in [3.05, 3.63) is 34.9 Å². The summed E-state index contributed by atoms with van der Waals surface area (Å²) in [5, 5.41) is 0.529. The lowest BCUT2D eigenvalue weighted by atomic mass is 10.2. The second kappa shape index (κ2) is 5.55. The Balaban J connectivity index is 2.74. The zero-order chi connectivity index (χ0) is 12.2. The number of nitrogens with zero attached hydrogens (tertiary/aromatic N) is 1. The Bertz CT molecular complexity index is 371. The van der Waals surface area contributed by atoms with Crippen LogP contribution in [0, 0.1) is 0 Å². The van der Waals surface area contributed by atoms with Crippen LogP contribution in [0.5, 0.6) is 0 Å². The minimum atomic E-state index is -4.46. The van der Waals surface area contributed by atoms with Crippen LogP contribution in [0.3, 0.4) is 0 Å². The van der Waals surface area contributed by atoms with Gasteiger partial charge in [0.05, 0.1) is 12.4 Å². The van der Waals surface area contributed by atoms with Gasteiger partial charge in [-0.15, -0.1) is 11.6 Å². The van der Waals surface area contributed by atoms with Crippen LogP contribution in [0.2, 0.25) is 5.02 Å². The van der Waals surface area contributed by atoms with Gasteiger partial charge in [0.1, 0.15) is 5.71 Å². The van der Waals surface area contributed by atoms with Crippen LogP contribution < -0.4 is 0 Å². The van der Waals surface area contributed by atoms with Crippen LogP contribution in [0.15, 0.2) is 29.3 Å². The number of halogens is 5. The standard InChI is InChI=1S/C10H8Cl2F3N/c11-5-9(10(13,14)15)16-6-7-1-3-8(12)4-2-7/h1-4H,5-6H2. The minimum absolute atomic E-state index is 0.0568. The van der Waals surface area contributed by atoms with E-state index in [1.807, 2.05) is 0 Å². The number of alkyl halides is 4. The molecule has 88 valence electrons. The molecule has 0 aliphatic carbocycles. The van der Waals surface area contributed by atoms with Gasteiger partial charge in [-0.3, -0.25) is 4.99 Å². The van der Waals surface area contributed by atoms with Crippen LogP contribution in [0.25, 0.3) is 0 Å². The fourth-order valence-corrected chi connectivity index (χ4v) is 1.35. The molecule has 0 saturated carbocycles. The summed E-state index contributed by atoms with van der Waals surface area (Å²) in [4.78, 5) is 3.43. The molecule has 6 heteroatoms. The maximum absolute atomic E-state index is 12.3. The van der Waals surface area contributed by atoms with Gasteiger partial charge in [-0.1, -0.05) is 23.7 Å². The number of hydrogen-bond acceptors (Lipinski definition) is 1. The van der Waals surface area contributed by atoms with Crippen LogP contribution in [-0.2, 0) is 6.54 Å². The molecule has 0 unspecified atom stereocenters. The fourth-order valence-electron chi connectivity index (χ4n) is 0.984. The molecular weight excluding hydrogens is 262 g/mol. The van der Waals surface area contributed by atoms with Gasteiger partial charge in [-0.2, -0.15) is 13.2 Å². The van der Waals surface area contributed by atoms with Crippen molar-refractivity contribution in [2.45, 2.75) is 12.7 Å². The topological polar surface area (TPSA) is 12.4 Å². The highest BCUT2D eigenvalue weighted by Crippen LogP contribution is 2.19. The summed E-state index contributed by atoms with van der Waals surface area (Å²) in [6, 6.07) is 6.43. The summed E-state index contributed by atoms with van der Waals surface area (Å²) in [5.74, 6) is -0.642. The van der Waals surface area contributed by atoms with Gasteiger partial charge in [0.15, 0.2) is 0 Å². The largest absolute Gasteiger partial charge is 0.430 e. The molecule has 0 heterocycles. The summed E-state index contributed by atoms with van der Waals surface area (Å²) in [7, 11) is 0. The van der Waals surface area contributed by atoms with Gasteiger partial charge in [0, 0.05) is 5.02 Å². The first-order valence-electron chi connectivity index (χ1n) is 4.34. The lowest BCUT2D eigenvalue weighted by Gasteiger charge is -2.07. The third kappa shape index (κ3) is 4.02. The van der Waals surface area contributed by atoms with Crippen LogP contribution in [0.1, 0.15) is 5.56 Å². The van der Waals surface area contributed by atoms with Crippen molar-refractivity contribution in [2.75, 3.05) is 5.88 Å². The van der Waals surface area contributed by atoms with E-state index in [4.69, 9.17) is 23.2 Å². The lowest BCUT2D eigenvalue weighted by molar-refractivity contribution is -0.0592. The minimum Gasteiger partial charge on any atom is -0.279 e. The molecule has 1 aromatic rings. The number of rotatable bonds is 3. The molecule has 0 fully saturated rings. The predicted octanol–water partition coefficient (Wildman–Crippen LogP) is 4.08. The fraction of sp³-hybridized carbons (Fsp3) is 0.300. The lowest BCUT2D eigenvalue weighted by Crippen LogP contribution is -2.24. The molecule has 0 aliphatic heterocycles. The average molecular weight is 270 g/mol. The molecule has 1 aromatic carbocycles. The Morgan fingerprint density at radius 2 is 1.75 bits per heavy atom. The Morgan fingerprint density at radius 3 is 2.19 bits per heavy atom. The van der Waals surface area contributed by atoms with Crippen molar-refractivity contribution < 1.29 is 13.2 Å². The van der Waals surface area contributed by atoms with Crippen molar-refractivity contribution in [2.24, 2.45) is 4.99 Å². The van der Waals surface area contributed by atoms with E-state index >= 15 is 0 Å².